The number of carboxylic acids is 1. The van der Waals surface area contributed by atoms with E-state index in [4.69, 9.17) is 4.74 Å². The van der Waals surface area contributed by atoms with Gasteiger partial charge in [0.15, 0.2) is 0 Å². The number of unbranched alkanes of at least 4 members (excludes halogenated alkanes) is 2. The summed E-state index contributed by atoms with van der Waals surface area (Å²) in [5, 5.41) is 9.95. The van der Waals surface area contributed by atoms with Gasteiger partial charge in [-0.15, -0.1) is 0 Å². The molecule has 5 nitrogen and oxygen atoms in total. The molecule has 6 heteroatoms. The van der Waals surface area contributed by atoms with Gasteiger partial charge in [0.25, 0.3) is 0 Å². The van der Waals surface area contributed by atoms with Crippen molar-refractivity contribution in [2.45, 2.75) is 76.7 Å². The molecule has 28 heavy (non-hydrogen) atoms. The number of benzene rings is 1. The van der Waals surface area contributed by atoms with E-state index >= 15 is 0 Å². The molecule has 5 atom stereocenters. The van der Waals surface area contributed by atoms with Crippen molar-refractivity contribution < 1.29 is 24.1 Å². The fourth-order valence-electron chi connectivity index (χ4n) is 4.28. The molecule has 1 saturated heterocycles. The first-order valence-electron chi connectivity index (χ1n) is 10.5. The van der Waals surface area contributed by atoms with E-state index in [0.717, 1.165) is 44.3 Å². The average molecular weight is 410 g/mol. The van der Waals surface area contributed by atoms with Crippen LogP contribution >= 0.6 is 7.37 Å². The molecule has 1 aromatic rings. The van der Waals surface area contributed by atoms with Crippen LogP contribution < -0.4 is 0 Å². The Hall–Kier alpha value is -1.16. The molecular formula is C22H35O5P. The molecule has 1 aliphatic rings. The molecule has 5 unspecified atom stereocenters. The maximum absolute atomic E-state index is 13.4. The third-order valence-corrected chi connectivity index (χ3v) is 8.35. The van der Waals surface area contributed by atoms with Gasteiger partial charge in [-0.3, -0.25) is 9.36 Å². The summed E-state index contributed by atoms with van der Waals surface area (Å²) in [5.41, 5.74) is 0.0609. The van der Waals surface area contributed by atoms with Crippen LogP contribution in [0.3, 0.4) is 0 Å². The van der Waals surface area contributed by atoms with E-state index in [-0.39, 0.29) is 18.2 Å². The zero-order valence-electron chi connectivity index (χ0n) is 17.1. The van der Waals surface area contributed by atoms with Crippen LogP contribution in [-0.2, 0) is 20.3 Å². The molecule has 1 fully saturated rings. The van der Waals surface area contributed by atoms with E-state index in [2.05, 4.69) is 6.92 Å². The van der Waals surface area contributed by atoms with Crippen molar-refractivity contribution in [1.29, 1.82) is 0 Å². The molecule has 2 N–H and O–H groups in total. The Bertz CT molecular complexity index is 642. The van der Waals surface area contributed by atoms with Gasteiger partial charge in [0.05, 0.1) is 12.0 Å². The lowest BCUT2D eigenvalue weighted by atomic mass is 9.87. The number of hydrogen-bond donors (Lipinski definition) is 2. The molecule has 0 saturated carbocycles. The van der Waals surface area contributed by atoms with Gasteiger partial charge >= 0.3 is 5.97 Å². The van der Waals surface area contributed by atoms with Gasteiger partial charge in [-0.25, -0.2) is 0 Å². The Kier molecular flexibility index (Phi) is 9.20. The number of carboxylic acid groups (broad SMARTS) is 1. The number of hydrogen-bond acceptors (Lipinski definition) is 3. The van der Waals surface area contributed by atoms with E-state index in [1.807, 2.05) is 37.3 Å². The minimum Gasteiger partial charge on any atom is -0.481 e. The van der Waals surface area contributed by atoms with Gasteiger partial charge < -0.3 is 14.7 Å². The van der Waals surface area contributed by atoms with Gasteiger partial charge in [-0.1, -0.05) is 63.4 Å². The molecule has 1 aromatic carbocycles. The SMILES string of the molecule is CCCCCC(C(CC(C)C1CCCO1)C(=O)O)P(=O)(O)Cc1ccccc1. The van der Waals surface area contributed by atoms with Crippen LogP contribution in [0.4, 0.5) is 0 Å². The van der Waals surface area contributed by atoms with Crippen LogP contribution in [0.2, 0.25) is 0 Å². The predicted octanol–water partition coefficient (Wildman–Crippen LogP) is 5.31. The van der Waals surface area contributed by atoms with Crippen molar-refractivity contribution in [3.8, 4) is 0 Å². The van der Waals surface area contributed by atoms with Gasteiger partial charge in [0.2, 0.25) is 7.37 Å². The summed E-state index contributed by atoms with van der Waals surface area (Å²) in [6.45, 7) is 4.80. The van der Waals surface area contributed by atoms with Crippen LogP contribution in [0.15, 0.2) is 30.3 Å². The molecule has 2 rings (SSSR count). The lowest BCUT2D eigenvalue weighted by Gasteiger charge is -2.31. The van der Waals surface area contributed by atoms with E-state index < -0.39 is 24.9 Å². The van der Waals surface area contributed by atoms with Crippen molar-refractivity contribution in [3.63, 3.8) is 0 Å². The summed E-state index contributed by atoms with van der Waals surface area (Å²) in [6.07, 6.45) is 5.60. The van der Waals surface area contributed by atoms with Crippen molar-refractivity contribution in [2.24, 2.45) is 11.8 Å². The smallest absolute Gasteiger partial charge is 0.307 e. The fourth-order valence-corrected chi connectivity index (χ4v) is 6.64. The van der Waals surface area contributed by atoms with Crippen molar-refractivity contribution in [2.75, 3.05) is 6.61 Å². The number of aliphatic carboxylic acids is 1. The van der Waals surface area contributed by atoms with E-state index in [1.54, 1.807) is 0 Å². The fraction of sp³-hybridized carbons (Fsp3) is 0.682. The quantitative estimate of drug-likeness (QED) is 0.360. The number of ether oxygens (including phenoxy) is 1. The van der Waals surface area contributed by atoms with Crippen LogP contribution in [0.1, 0.15) is 64.4 Å². The maximum atomic E-state index is 13.4. The second-order valence-electron chi connectivity index (χ2n) is 8.17. The zero-order chi connectivity index (χ0) is 20.6. The highest BCUT2D eigenvalue weighted by atomic mass is 31.2. The Morgan fingerprint density at radius 2 is 2.00 bits per heavy atom. The van der Waals surface area contributed by atoms with Crippen LogP contribution in [0.25, 0.3) is 0 Å². The molecule has 0 amide bonds. The second kappa shape index (κ2) is 11.1. The number of rotatable bonds is 12. The van der Waals surface area contributed by atoms with Gasteiger partial charge in [0, 0.05) is 18.4 Å². The Labute approximate surface area is 169 Å². The molecule has 158 valence electrons. The molecular weight excluding hydrogens is 375 g/mol. The largest absolute Gasteiger partial charge is 0.481 e. The molecule has 0 radical (unpaired) electrons. The number of carbonyl (C=O) groups is 1. The molecule has 1 heterocycles. The van der Waals surface area contributed by atoms with Gasteiger partial charge in [-0.05, 0) is 37.2 Å². The topological polar surface area (TPSA) is 83.8 Å². The Balaban J connectivity index is 2.20. The van der Waals surface area contributed by atoms with Crippen molar-refractivity contribution in [3.05, 3.63) is 35.9 Å². The average Bonchev–Trinajstić information content (AvgIpc) is 3.18. The minimum absolute atomic E-state index is 0.0305. The lowest BCUT2D eigenvalue weighted by Crippen LogP contribution is -2.33. The summed E-state index contributed by atoms with van der Waals surface area (Å²) < 4.78 is 19.1. The first-order chi connectivity index (χ1) is 13.3. The third kappa shape index (κ3) is 6.72. The maximum Gasteiger partial charge on any atom is 0.307 e. The Morgan fingerprint density at radius 1 is 1.29 bits per heavy atom. The van der Waals surface area contributed by atoms with E-state index in [0.29, 0.717) is 12.8 Å². The molecule has 0 aliphatic carbocycles. The standard InChI is InChI=1S/C22H35O5P/c1-3-4-6-13-21(28(25,26)16-18-10-7-5-8-11-18)19(22(23)24)15-17(2)20-12-9-14-27-20/h5,7-8,10-11,17,19-21H,3-4,6,9,12-16H2,1-2H3,(H,23,24)(H,25,26). The van der Waals surface area contributed by atoms with Crippen LogP contribution in [-0.4, -0.2) is 34.3 Å². The first-order valence-corrected chi connectivity index (χ1v) is 12.5. The first kappa shape index (κ1) is 23.1. The summed E-state index contributed by atoms with van der Waals surface area (Å²) in [7, 11) is -3.68. The monoisotopic (exact) mass is 410 g/mol. The molecule has 0 bridgehead atoms. The highest BCUT2D eigenvalue weighted by molar-refractivity contribution is 7.58. The van der Waals surface area contributed by atoms with Gasteiger partial charge in [-0.2, -0.15) is 0 Å². The summed E-state index contributed by atoms with van der Waals surface area (Å²) in [5.74, 6) is -1.72. The van der Waals surface area contributed by atoms with Crippen molar-refractivity contribution >= 4 is 13.3 Å². The summed E-state index contributed by atoms with van der Waals surface area (Å²) in [6, 6.07) is 9.21. The lowest BCUT2D eigenvalue weighted by molar-refractivity contribution is -0.142. The molecule has 1 aliphatic heterocycles. The van der Waals surface area contributed by atoms with Crippen LogP contribution in [0.5, 0.6) is 0 Å². The third-order valence-electron chi connectivity index (χ3n) is 5.88. The highest BCUT2D eigenvalue weighted by Crippen LogP contribution is 2.55. The molecule has 0 aromatic heterocycles. The van der Waals surface area contributed by atoms with Gasteiger partial charge in [0.1, 0.15) is 0 Å². The summed E-state index contributed by atoms with van der Waals surface area (Å²) in [4.78, 5) is 23.1. The highest BCUT2D eigenvalue weighted by Gasteiger charge is 2.42. The molecule has 0 spiro atoms. The summed E-state index contributed by atoms with van der Waals surface area (Å²) >= 11 is 0. The second-order valence-corrected chi connectivity index (χ2v) is 10.7. The van der Waals surface area contributed by atoms with Crippen molar-refractivity contribution in [1.82, 2.24) is 0 Å². The Morgan fingerprint density at radius 3 is 2.57 bits per heavy atom. The minimum atomic E-state index is -3.68. The van der Waals surface area contributed by atoms with E-state index in [1.165, 1.54) is 0 Å². The van der Waals surface area contributed by atoms with E-state index in [9.17, 15) is 19.4 Å². The van der Waals surface area contributed by atoms with Crippen LogP contribution in [0, 0.1) is 11.8 Å². The predicted molar refractivity (Wildman–Crippen MR) is 112 cm³/mol. The normalized spacial score (nSPS) is 22.3. The zero-order valence-corrected chi connectivity index (χ0v) is 18.0.